The molecule has 0 aromatic heterocycles. The minimum absolute atomic E-state index is 0.204. The van der Waals surface area contributed by atoms with Crippen molar-refractivity contribution in [3.05, 3.63) is 59.7 Å². The van der Waals surface area contributed by atoms with E-state index in [1.165, 1.54) is 6.08 Å². The van der Waals surface area contributed by atoms with Crippen molar-refractivity contribution in [2.24, 2.45) is 0 Å². The summed E-state index contributed by atoms with van der Waals surface area (Å²) in [6.45, 7) is 3.26. The first kappa shape index (κ1) is 22.3. The maximum Gasteiger partial charge on any atom is 0.160 e. The van der Waals surface area contributed by atoms with Crippen LogP contribution in [0.15, 0.2) is 48.5 Å². The number of rotatable bonds is 11. The SMILES string of the molecule is COc1ccc(CCNCC(O)COc2ccc(/C(C)=C/C#N)cc2)cc1OC. The van der Waals surface area contributed by atoms with Crippen molar-refractivity contribution in [2.45, 2.75) is 19.4 Å². The van der Waals surface area contributed by atoms with Crippen molar-refractivity contribution in [1.82, 2.24) is 5.32 Å². The summed E-state index contributed by atoms with van der Waals surface area (Å²) in [6.07, 6.45) is 1.71. The largest absolute Gasteiger partial charge is 0.493 e. The number of hydrogen-bond donors (Lipinski definition) is 2. The van der Waals surface area contributed by atoms with Gasteiger partial charge in [0.05, 0.1) is 20.3 Å². The van der Waals surface area contributed by atoms with Gasteiger partial charge in [-0.1, -0.05) is 18.2 Å². The maximum atomic E-state index is 10.1. The second-order valence-electron chi connectivity index (χ2n) is 6.59. The molecular weight excluding hydrogens is 368 g/mol. The third-order valence-electron chi connectivity index (χ3n) is 4.45. The van der Waals surface area contributed by atoms with E-state index in [1.54, 1.807) is 14.2 Å². The summed E-state index contributed by atoms with van der Waals surface area (Å²) < 4.78 is 16.2. The van der Waals surface area contributed by atoms with E-state index in [0.717, 1.165) is 29.7 Å². The van der Waals surface area contributed by atoms with Gasteiger partial charge in [-0.15, -0.1) is 0 Å². The molecule has 1 atom stereocenters. The molecule has 0 radical (unpaired) electrons. The number of hydrogen-bond acceptors (Lipinski definition) is 6. The third kappa shape index (κ3) is 7.15. The number of nitriles is 1. The third-order valence-corrected chi connectivity index (χ3v) is 4.45. The number of benzene rings is 2. The molecule has 2 N–H and O–H groups in total. The van der Waals surface area contributed by atoms with Crippen molar-refractivity contribution < 1.29 is 19.3 Å². The molecule has 0 saturated heterocycles. The maximum absolute atomic E-state index is 10.1. The lowest BCUT2D eigenvalue weighted by atomic mass is 10.1. The molecule has 2 aromatic carbocycles. The highest BCUT2D eigenvalue weighted by Gasteiger charge is 2.07. The first-order valence-electron chi connectivity index (χ1n) is 9.46. The smallest absolute Gasteiger partial charge is 0.160 e. The summed E-state index contributed by atoms with van der Waals surface area (Å²) in [4.78, 5) is 0. The van der Waals surface area contributed by atoms with Gasteiger partial charge >= 0.3 is 0 Å². The highest BCUT2D eigenvalue weighted by molar-refractivity contribution is 5.66. The number of nitrogens with one attached hydrogen (secondary N) is 1. The summed E-state index contributed by atoms with van der Waals surface area (Å²) in [7, 11) is 3.23. The molecule has 0 spiro atoms. The monoisotopic (exact) mass is 396 g/mol. The number of aliphatic hydroxyl groups excluding tert-OH is 1. The molecule has 0 aliphatic rings. The molecular formula is C23H28N2O4. The molecule has 0 bridgehead atoms. The molecule has 0 amide bonds. The van der Waals surface area contributed by atoms with Crippen LogP contribution < -0.4 is 19.5 Å². The van der Waals surface area contributed by atoms with Crippen LogP contribution in [0.3, 0.4) is 0 Å². The minimum atomic E-state index is -0.611. The molecule has 0 aliphatic heterocycles. The molecule has 6 heteroatoms. The van der Waals surface area contributed by atoms with Gasteiger partial charge in [-0.2, -0.15) is 5.26 Å². The van der Waals surface area contributed by atoms with Crippen LogP contribution in [0.5, 0.6) is 17.2 Å². The van der Waals surface area contributed by atoms with Crippen LogP contribution in [-0.4, -0.2) is 45.1 Å². The Kier molecular flexibility index (Phi) is 9.03. The van der Waals surface area contributed by atoms with Gasteiger partial charge in [0.25, 0.3) is 0 Å². The van der Waals surface area contributed by atoms with Gasteiger partial charge in [-0.05, 0) is 60.9 Å². The van der Waals surface area contributed by atoms with Gasteiger partial charge in [0, 0.05) is 12.6 Å². The molecule has 0 heterocycles. The van der Waals surface area contributed by atoms with Gasteiger partial charge in [0.15, 0.2) is 11.5 Å². The first-order chi connectivity index (χ1) is 14.1. The average molecular weight is 396 g/mol. The number of methoxy groups -OCH3 is 2. The Hall–Kier alpha value is -3.01. The van der Waals surface area contributed by atoms with E-state index in [1.807, 2.05) is 55.5 Å². The van der Waals surface area contributed by atoms with E-state index in [9.17, 15) is 5.11 Å². The van der Waals surface area contributed by atoms with Crippen molar-refractivity contribution in [1.29, 1.82) is 5.26 Å². The second kappa shape index (κ2) is 11.7. The Morgan fingerprint density at radius 1 is 1.14 bits per heavy atom. The van der Waals surface area contributed by atoms with Crippen LogP contribution >= 0.6 is 0 Å². The van der Waals surface area contributed by atoms with Crippen molar-refractivity contribution in [3.8, 4) is 23.3 Å². The van der Waals surface area contributed by atoms with E-state index in [-0.39, 0.29) is 6.61 Å². The molecule has 0 fully saturated rings. The Balaban J connectivity index is 1.70. The lowest BCUT2D eigenvalue weighted by molar-refractivity contribution is 0.106. The molecule has 0 aliphatic carbocycles. The van der Waals surface area contributed by atoms with E-state index in [4.69, 9.17) is 19.5 Å². The summed E-state index contributed by atoms with van der Waals surface area (Å²) >= 11 is 0. The molecule has 2 aromatic rings. The molecule has 1 unspecified atom stereocenters. The van der Waals surface area contributed by atoms with Crippen LogP contribution in [-0.2, 0) is 6.42 Å². The average Bonchev–Trinajstić information content (AvgIpc) is 2.75. The Morgan fingerprint density at radius 2 is 1.86 bits per heavy atom. The van der Waals surface area contributed by atoms with E-state index in [0.29, 0.717) is 23.8 Å². The molecule has 6 nitrogen and oxygen atoms in total. The lowest BCUT2D eigenvalue weighted by Gasteiger charge is -2.14. The van der Waals surface area contributed by atoms with Crippen LogP contribution in [0, 0.1) is 11.3 Å². The topological polar surface area (TPSA) is 83.7 Å². The van der Waals surface area contributed by atoms with Gasteiger partial charge < -0.3 is 24.6 Å². The second-order valence-corrected chi connectivity index (χ2v) is 6.59. The number of aliphatic hydroxyl groups is 1. The molecule has 2 rings (SSSR count). The fraction of sp³-hybridized carbons (Fsp3) is 0.348. The van der Waals surface area contributed by atoms with Crippen LogP contribution in [0.1, 0.15) is 18.1 Å². The highest BCUT2D eigenvalue weighted by Crippen LogP contribution is 2.27. The Bertz CT molecular complexity index is 841. The quantitative estimate of drug-likeness (QED) is 0.448. The van der Waals surface area contributed by atoms with Gasteiger partial charge in [0.2, 0.25) is 0 Å². The van der Waals surface area contributed by atoms with E-state index < -0.39 is 6.10 Å². The van der Waals surface area contributed by atoms with Crippen LogP contribution in [0.4, 0.5) is 0 Å². The summed E-state index contributed by atoms with van der Waals surface area (Å²) in [5, 5.41) is 22.0. The van der Waals surface area contributed by atoms with E-state index in [2.05, 4.69) is 5.32 Å². The van der Waals surface area contributed by atoms with Gasteiger partial charge in [-0.25, -0.2) is 0 Å². The molecule has 29 heavy (non-hydrogen) atoms. The predicted molar refractivity (Wildman–Crippen MR) is 113 cm³/mol. The predicted octanol–water partition coefficient (Wildman–Crippen LogP) is 3.20. The summed E-state index contributed by atoms with van der Waals surface area (Å²) in [5.74, 6) is 2.10. The number of nitrogens with zero attached hydrogens (tertiary/aromatic N) is 1. The van der Waals surface area contributed by atoms with Crippen molar-refractivity contribution >= 4 is 5.57 Å². The van der Waals surface area contributed by atoms with E-state index >= 15 is 0 Å². The normalized spacial score (nSPS) is 12.2. The fourth-order valence-electron chi connectivity index (χ4n) is 2.78. The number of allylic oxidation sites excluding steroid dienone is 2. The minimum Gasteiger partial charge on any atom is -0.493 e. The standard InChI is InChI=1S/C23H28N2O4/c1-17(10-12-24)19-5-7-21(8-6-19)29-16-20(26)15-25-13-11-18-4-9-22(27-2)23(14-18)28-3/h4-10,14,20,25-26H,11,13,15-16H2,1-3H3/b17-10+. The van der Waals surface area contributed by atoms with Gasteiger partial charge in [0.1, 0.15) is 18.5 Å². The number of ether oxygens (including phenoxy) is 3. The molecule has 0 saturated carbocycles. The van der Waals surface area contributed by atoms with Crippen molar-refractivity contribution in [3.63, 3.8) is 0 Å². The van der Waals surface area contributed by atoms with Crippen LogP contribution in [0.25, 0.3) is 5.57 Å². The zero-order valence-corrected chi connectivity index (χ0v) is 17.1. The zero-order valence-electron chi connectivity index (χ0n) is 17.1. The highest BCUT2D eigenvalue weighted by atomic mass is 16.5. The van der Waals surface area contributed by atoms with Gasteiger partial charge in [-0.3, -0.25) is 0 Å². The fourth-order valence-corrected chi connectivity index (χ4v) is 2.78. The summed E-state index contributed by atoms with van der Waals surface area (Å²) in [5.41, 5.74) is 3.00. The summed E-state index contributed by atoms with van der Waals surface area (Å²) in [6, 6.07) is 15.3. The Morgan fingerprint density at radius 3 is 2.52 bits per heavy atom. The first-order valence-corrected chi connectivity index (χ1v) is 9.46. The zero-order chi connectivity index (χ0) is 21.1. The van der Waals surface area contributed by atoms with Crippen molar-refractivity contribution in [2.75, 3.05) is 33.9 Å². The molecule has 154 valence electrons. The van der Waals surface area contributed by atoms with Crippen LogP contribution in [0.2, 0.25) is 0 Å². The Labute approximate surface area is 172 Å². The lowest BCUT2D eigenvalue weighted by Crippen LogP contribution is -2.32.